The highest BCUT2D eigenvalue weighted by Crippen LogP contribution is 2.23. The third-order valence-corrected chi connectivity index (χ3v) is 3.64. The predicted molar refractivity (Wildman–Crippen MR) is 76.0 cm³/mol. The lowest BCUT2D eigenvalue weighted by Gasteiger charge is -2.27. The third-order valence-electron chi connectivity index (χ3n) is 3.64. The Kier molecular flexibility index (Phi) is 5.53. The van der Waals surface area contributed by atoms with E-state index in [0.717, 1.165) is 12.3 Å². The summed E-state index contributed by atoms with van der Waals surface area (Å²) in [5.41, 5.74) is 0. The van der Waals surface area contributed by atoms with Crippen molar-refractivity contribution in [3.05, 3.63) is 30.3 Å². The lowest BCUT2D eigenvalue weighted by molar-refractivity contribution is 0.145. The van der Waals surface area contributed by atoms with Crippen molar-refractivity contribution < 1.29 is 4.74 Å². The summed E-state index contributed by atoms with van der Waals surface area (Å²) >= 11 is 0. The van der Waals surface area contributed by atoms with Gasteiger partial charge in [0.2, 0.25) is 0 Å². The molecule has 1 saturated carbocycles. The first-order valence-electron chi connectivity index (χ1n) is 7.35. The number of nitrogens with one attached hydrogen (secondary N) is 1. The summed E-state index contributed by atoms with van der Waals surface area (Å²) in [5.74, 6) is 1.01. The molecule has 1 aromatic carbocycles. The molecule has 0 aliphatic heterocycles. The smallest absolute Gasteiger partial charge is 0.119 e. The Hall–Kier alpha value is -1.02. The Bertz CT molecular complexity index is 325. The lowest BCUT2D eigenvalue weighted by atomic mass is 10.1. The highest BCUT2D eigenvalue weighted by atomic mass is 16.5. The monoisotopic (exact) mass is 247 g/mol. The summed E-state index contributed by atoms with van der Waals surface area (Å²) in [7, 11) is 0. The zero-order valence-corrected chi connectivity index (χ0v) is 11.4. The highest BCUT2D eigenvalue weighted by Gasteiger charge is 2.24. The summed E-state index contributed by atoms with van der Waals surface area (Å²) < 4.78 is 6.18. The summed E-state index contributed by atoms with van der Waals surface area (Å²) in [5, 5.41) is 3.66. The van der Waals surface area contributed by atoms with Gasteiger partial charge in [-0.3, -0.25) is 0 Å². The lowest BCUT2D eigenvalue weighted by Crippen LogP contribution is -2.42. The Morgan fingerprint density at radius 3 is 2.67 bits per heavy atom. The largest absolute Gasteiger partial charge is 0.489 e. The minimum Gasteiger partial charge on any atom is -0.489 e. The average molecular weight is 247 g/mol. The molecule has 0 spiro atoms. The van der Waals surface area contributed by atoms with Gasteiger partial charge in [-0.15, -0.1) is 0 Å². The minimum atomic E-state index is 0.335. The zero-order valence-electron chi connectivity index (χ0n) is 11.4. The predicted octanol–water partition coefficient (Wildman–Crippen LogP) is 3.77. The normalized spacial score (nSPS) is 24.5. The molecule has 1 aliphatic rings. The summed E-state index contributed by atoms with van der Waals surface area (Å²) in [6.45, 7) is 3.32. The van der Waals surface area contributed by atoms with Crippen molar-refractivity contribution in [3.8, 4) is 5.75 Å². The molecule has 1 aromatic rings. The molecule has 100 valence electrons. The number of hydrogen-bond acceptors (Lipinski definition) is 2. The van der Waals surface area contributed by atoms with Crippen LogP contribution in [0, 0.1) is 0 Å². The molecule has 0 bridgehead atoms. The third kappa shape index (κ3) is 4.02. The second kappa shape index (κ2) is 7.42. The molecule has 1 aliphatic carbocycles. The van der Waals surface area contributed by atoms with Crippen LogP contribution in [0.3, 0.4) is 0 Å². The molecule has 2 atom stereocenters. The van der Waals surface area contributed by atoms with Gasteiger partial charge in [-0.1, -0.05) is 38.0 Å². The van der Waals surface area contributed by atoms with Crippen LogP contribution in [0.1, 0.15) is 45.4 Å². The molecule has 18 heavy (non-hydrogen) atoms. The molecule has 0 heterocycles. The Morgan fingerprint density at radius 1 is 1.11 bits per heavy atom. The Morgan fingerprint density at radius 2 is 1.89 bits per heavy atom. The second-order valence-electron chi connectivity index (χ2n) is 5.17. The van der Waals surface area contributed by atoms with E-state index in [1.807, 2.05) is 18.2 Å². The summed E-state index contributed by atoms with van der Waals surface area (Å²) in [6, 6.07) is 10.8. The maximum Gasteiger partial charge on any atom is 0.119 e. The van der Waals surface area contributed by atoms with Crippen molar-refractivity contribution >= 4 is 0 Å². The van der Waals surface area contributed by atoms with Crippen LogP contribution >= 0.6 is 0 Å². The van der Waals surface area contributed by atoms with Crippen LogP contribution in [0.4, 0.5) is 0 Å². The van der Waals surface area contributed by atoms with Crippen LogP contribution in [0.2, 0.25) is 0 Å². The van der Waals surface area contributed by atoms with Gasteiger partial charge in [0, 0.05) is 6.04 Å². The molecule has 2 heteroatoms. The Labute approximate surface area is 111 Å². The summed E-state index contributed by atoms with van der Waals surface area (Å²) in [6.07, 6.45) is 7.92. The van der Waals surface area contributed by atoms with Crippen molar-refractivity contribution in [3.63, 3.8) is 0 Å². The first-order valence-corrected chi connectivity index (χ1v) is 7.35. The first kappa shape index (κ1) is 13.4. The highest BCUT2D eigenvalue weighted by molar-refractivity contribution is 5.21. The average Bonchev–Trinajstić information content (AvgIpc) is 2.63. The van der Waals surface area contributed by atoms with Gasteiger partial charge in [0.1, 0.15) is 11.9 Å². The van der Waals surface area contributed by atoms with Gasteiger partial charge in [0.15, 0.2) is 0 Å². The van der Waals surface area contributed by atoms with Gasteiger partial charge in [-0.05, 0) is 44.4 Å². The van der Waals surface area contributed by atoms with Gasteiger partial charge >= 0.3 is 0 Å². The number of rotatable bonds is 5. The molecule has 1 fully saturated rings. The van der Waals surface area contributed by atoms with Gasteiger partial charge in [-0.2, -0.15) is 0 Å². The van der Waals surface area contributed by atoms with E-state index in [4.69, 9.17) is 4.74 Å². The van der Waals surface area contributed by atoms with Crippen LogP contribution in [0.15, 0.2) is 30.3 Å². The van der Waals surface area contributed by atoms with Crippen LogP contribution < -0.4 is 10.1 Å². The number of ether oxygens (including phenoxy) is 1. The van der Waals surface area contributed by atoms with E-state index in [9.17, 15) is 0 Å². The molecule has 1 N–H and O–H groups in total. The number of benzene rings is 1. The molecule has 0 saturated heterocycles. The van der Waals surface area contributed by atoms with Gasteiger partial charge in [-0.25, -0.2) is 0 Å². The standard InChI is InChI=1S/C16H25NO/c1-2-13-17-15-11-7-4-8-12-16(15)18-14-9-5-3-6-10-14/h3,5-6,9-10,15-17H,2,4,7-8,11-13H2,1H3. The minimum absolute atomic E-state index is 0.335. The fourth-order valence-corrected chi connectivity index (χ4v) is 2.65. The number of hydrogen-bond donors (Lipinski definition) is 1. The van der Waals surface area contributed by atoms with E-state index in [2.05, 4.69) is 24.4 Å². The molecular weight excluding hydrogens is 222 g/mol. The van der Waals surface area contributed by atoms with Crippen molar-refractivity contribution in [1.29, 1.82) is 0 Å². The van der Waals surface area contributed by atoms with E-state index >= 15 is 0 Å². The van der Waals surface area contributed by atoms with Crippen molar-refractivity contribution in [2.75, 3.05) is 6.54 Å². The van der Waals surface area contributed by atoms with Gasteiger partial charge < -0.3 is 10.1 Å². The van der Waals surface area contributed by atoms with Crippen molar-refractivity contribution in [2.24, 2.45) is 0 Å². The topological polar surface area (TPSA) is 21.3 Å². The van der Waals surface area contributed by atoms with Crippen LogP contribution in [-0.4, -0.2) is 18.7 Å². The fourth-order valence-electron chi connectivity index (χ4n) is 2.65. The fraction of sp³-hybridized carbons (Fsp3) is 0.625. The maximum atomic E-state index is 6.18. The Balaban J connectivity index is 1.96. The van der Waals surface area contributed by atoms with Crippen molar-refractivity contribution in [2.45, 2.75) is 57.6 Å². The van der Waals surface area contributed by atoms with E-state index in [1.165, 1.54) is 38.5 Å². The molecule has 2 rings (SSSR count). The second-order valence-corrected chi connectivity index (χ2v) is 5.17. The molecular formula is C16H25NO. The molecule has 0 aromatic heterocycles. The quantitative estimate of drug-likeness (QED) is 0.800. The van der Waals surface area contributed by atoms with E-state index < -0.39 is 0 Å². The van der Waals surface area contributed by atoms with E-state index in [1.54, 1.807) is 0 Å². The van der Waals surface area contributed by atoms with E-state index in [0.29, 0.717) is 12.1 Å². The van der Waals surface area contributed by atoms with Crippen molar-refractivity contribution in [1.82, 2.24) is 5.32 Å². The zero-order chi connectivity index (χ0) is 12.6. The summed E-state index contributed by atoms with van der Waals surface area (Å²) in [4.78, 5) is 0. The van der Waals surface area contributed by atoms with Crippen LogP contribution in [0.5, 0.6) is 5.75 Å². The maximum absolute atomic E-state index is 6.18. The molecule has 0 amide bonds. The number of para-hydroxylation sites is 1. The SMILES string of the molecule is CCCNC1CCCCCC1Oc1ccccc1. The van der Waals surface area contributed by atoms with Crippen LogP contribution in [0.25, 0.3) is 0 Å². The van der Waals surface area contributed by atoms with Crippen LogP contribution in [-0.2, 0) is 0 Å². The molecule has 0 radical (unpaired) electrons. The molecule has 2 unspecified atom stereocenters. The molecule has 2 nitrogen and oxygen atoms in total. The van der Waals surface area contributed by atoms with Gasteiger partial charge in [0.05, 0.1) is 0 Å². The first-order chi connectivity index (χ1) is 8.90. The van der Waals surface area contributed by atoms with Gasteiger partial charge in [0.25, 0.3) is 0 Å². The van der Waals surface area contributed by atoms with E-state index in [-0.39, 0.29) is 0 Å².